The van der Waals surface area contributed by atoms with Crippen molar-refractivity contribution in [2.45, 2.75) is 76.9 Å². The lowest BCUT2D eigenvalue weighted by atomic mass is 9.48. The molecule has 4 heteroatoms. The summed E-state index contributed by atoms with van der Waals surface area (Å²) in [4.78, 5) is 12.7. The van der Waals surface area contributed by atoms with Crippen molar-refractivity contribution >= 4 is 5.91 Å². The maximum atomic E-state index is 12.7. The van der Waals surface area contributed by atoms with Crippen molar-refractivity contribution < 1.29 is 15.0 Å². The minimum absolute atomic E-state index is 0.0383. The van der Waals surface area contributed by atoms with Gasteiger partial charge in [-0.3, -0.25) is 4.79 Å². The first-order valence-electron chi connectivity index (χ1n) is 11.0. The summed E-state index contributed by atoms with van der Waals surface area (Å²) in [6.45, 7) is 3.95. The van der Waals surface area contributed by atoms with E-state index >= 15 is 0 Å². The number of benzene rings is 1. The zero-order chi connectivity index (χ0) is 19.9. The van der Waals surface area contributed by atoms with E-state index in [0.29, 0.717) is 18.5 Å². The van der Waals surface area contributed by atoms with E-state index in [9.17, 15) is 15.0 Å². The Morgan fingerprint density at radius 1 is 1.18 bits per heavy atom. The summed E-state index contributed by atoms with van der Waals surface area (Å²) >= 11 is 0. The second-order valence-electron chi connectivity index (χ2n) is 10.5. The molecule has 4 aliphatic rings. The summed E-state index contributed by atoms with van der Waals surface area (Å²) in [5, 5.41) is 23.9. The van der Waals surface area contributed by atoms with Gasteiger partial charge in [0.05, 0.1) is 11.7 Å². The summed E-state index contributed by atoms with van der Waals surface area (Å²) < 4.78 is 0. The van der Waals surface area contributed by atoms with Crippen molar-refractivity contribution in [1.82, 2.24) is 5.32 Å². The number of aryl methyl sites for hydroxylation is 1. The Morgan fingerprint density at radius 2 is 1.79 bits per heavy atom. The average molecular weight is 386 g/mol. The van der Waals surface area contributed by atoms with Gasteiger partial charge in [-0.05, 0) is 106 Å². The van der Waals surface area contributed by atoms with Crippen molar-refractivity contribution in [1.29, 1.82) is 0 Å². The maximum Gasteiger partial charge on any atom is 0.251 e. The second kappa shape index (κ2) is 7.46. The third kappa shape index (κ3) is 4.28. The molecule has 0 heterocycles. The van der Waals surface area contributed by atoms with Gasteiger partial charge in [-0.25, -0.2) is 0 Å². The molecule has 4 fully saturated rings. The Labute approximate surface area is 168 Å². The number of aliphatic hydroxyl groups excluding tert-OH is 1. The van der Waals surface area contributed by atoms with Gasteiger partial charge in [-0.15, -0.1) is 0 Å². The SMILES string of the molecule is CC(C)(O)CCc1cccc(C(=O)NC[C@@H](O)C23CC4CC(CC(C4)C2)C3)c1. The molecule has 0 saturated heterocycles. The van der Waals surface area contributed by atoms with Crippen LogP contribution in [0.4, 0.5) is 0 Å². The van der Waals surface area contributed by atoms with E-state index < -0.39 is 11.7 Å². The Balaban J connectivity index is 1.34. The molecule has 4 nitrogen and oxygen atoms in total. The molecule has 28 heavy (non-hydrogen) atoms. The van der Waals surface area contributed by atoms with Gasteiger partial charge in [-0.1, -0.05) is 12.1 Å². The van der Waals surface area contributed by atoms with Crippen LogP contribution in [-0.4, -0.2) is 34.4 Å². The number of rotatable bonds is 7. The number of carbonyl (C=O) groups is 1. The van der Waals surface area contributed by atoms with Crippen molar-refractivity contribution in [2.75, 3.05) is 6.54 Å². The molecule has 0 aromatic heterocycles. The Hall–Kier alpha value is -1.39. The van der Waals surface area contributed by atoms with E-state index in [2.05, 4.69) is 5.32 Å². The number of hydrogen-bond donors (Lipinski definition) is 3. The minimum atomic E-state index is -0.708. The molecular formula is C24H35NO3. The number of carbonyl (C=O) groups excluding carboxylic acids is 1. The molecule has 0 spiro atoms. The lowest BCUT2D eigenvalue weighted by molar-refractivity contribution is -0.118. The Morgan fingerprint density at radius 3 is 2.36 bits per heavy atom. The third-order valence-corrected chi connectivity index (χ3v) is 7.46. The summed E-state index contributed by atoms with van der Waals surface area (Å²) in [7, 11) is 0. The summed E-state index contributed by atoms with van der Waals surface area (Å²) in [5.41, 5.74) is 1.01. The molecule has 5 rings (SSSR count). The number of nitrogens with one attached hydrogen (secondary N) is 1. The standard InChI is InChI=1S/C24H35NO3/c1-23(2,28)7-6-16-4-3-5-20(11-16)22(27)25-15-21(26)24-12-17-8-18(13-24)10-19(9-17)14-24/h3-5,11,17-19,21,26,28H,6-10,12-15H2,1-2H3,(H,25,27)/t17?,18?,19?,21-,24?/m1/s1. The quantitative estimate of drug-likeness (QED) is 0.670. The lowest BCUT2D eigenvalue weighted by Gasteiger charge is -2.58. The molecule has 0 radical (unpaired) electrons. The predicted molar refractivity (Wildman–Crippen MR) is 110 cm³/mol. The van der Waals surface area contributed by atoms with Crippen LogP contribution in [0.2, 0.25) is 0 Å². The Bertz CT molecular complexity index is 686. The van der Waals surface area contributed by atoms with Crippen LogP contribution in [0.5, 0.6) is 0 Å². The van der Waals surface area contributed by atoms with Gasteiger partial charge in [-0.2, -0.15) is 0 Å². The number of aliphatic hydroxyl groups is 2. The van der Waals surface area contributed by atoms with E-state index in [1.165, 1.54) is 19.3 Å². The predicted octanol–water partition coefficient (Wildman–Crippen LogP) is 3.70. The fourth-order valence-corrected chi connectivity index (χ4v) is 6.41. The molecule has 0 unspecified atom stereocenters. The van der Waals surface area contributed by atoms with E-state index in [-0.39, 0.29) is 11.3 Å². The van der Waals surface area contributed by atoms with Gasteiger partial charge in [0, 0.05) is 12.1 Å². The smallest absolute Gasteiger partial charge is 0.251 e. The van der Waals surface area contributed by atoms with Crippen LogP contribution < -0.4 is 5.32 Å². The van der Waals surface area contributed by atoms with Crippen molar-refractivity contribution in [2.24, 2.45) is 23.2 Å². The van der Waals surface area contributed by atoms with Gasteiger partial charge >= 0.3 is 0 Å². The fourth-order valence-electron chi connectivity index (χ4n) is 6.41. The van der Waals surface area contributed by atoms with Crippen LogP contribution in [0.3, 0.4) is 0 Å². The normalized spacial score (nSPS) is 32.4. The van der Waals surface area contributed by atoms with Gasteiger partial charge in [0.2, 0.25) is 0 Å². The zero-order valence-corrected chi connectivity index (χ0v) is 17.3. The molecule has 154 valence electrons. The number of amides is 1. The molecule has 0 aliphatic heterocycles. The Kier molecular flexibility index (Phi) is 5.30. The molecule has 4 bridgehead atoms. The molecule has 4 saturated carbocycles. The third-order valence-electron chi connectivity index (χ3n) is 7.46. The summed E-state index contributed by atoms with van der Waals surface area (Å²) in [6.07, 6.45) is 8.45. The van der Waals surface area contributed by atoms with Crippen LogP contribution in [0, 0.1) is 23.2 Å². The van der Waals surface area contributed by atoms with E-state index in [0.717, 1.165) is 49.0 Å². The molecule has 1 atom stereocenters. The van der Waals surface area contributed by atoms with Gasteiger partial charge in [0.15, 0.2) is 0 Å². The number of hydrogen-bond acceptors (Lipinski definition) is 3. The first kappa shape index (κ1) is 19.9. The molecule has 3 N–H and O–H groups in total. The monoisotopic (exact) mass is 385 g/mol. The summed E-state index contributed by atoms with van der Waals surface area (Å²) in [5.74, 6) is 2.27. The molecule has 1 amide bonds. The first-order valence-corrected chi connectivity index (χ1v) is 11.0. The van der Waals surface area contributed by atoms with Crippen LogP contribution >= 0.6 is 0 Å². The minimum Gasteiger partial charge on any atom is -0.391 e. The van der Waals surface area contributed by atoms with E-state index in [4.69, 9.17) is 0 Å². The molecular weight excluding hydrogens is 350 g/mol. The average Bonchev–Trinajstić information content (AvgIpc) is 2.62. The van der Waals surface area contributed by atoms with Gasteiger partial charge in [0.1, 0.15) is 0 Å². The lowest BCUT2D eigenvalue weighted by Crippen LogP contribution is -2.54. The summed E-state index contributed by atoms with van der Waals surface area (Å²) in [6, 6.07) is 7.61. The molecule has 1 aromatic carbocycles. The first-order chi connectivity index (χ1) is 13.2. The molecule has 1 aromatic rings. The fraction of sp³-hybridized carbons (Fsp3) is 0.708. The van der Waals surface area contributed by atoms with Gasteiger partial charge < -0.3 is 15.5 Å². The van der Waals surface area contributed by atoms with Crippen LogP contribution in [-0.2, 0) is 6.42 Å². The highest BCUT2D eigenvalue weighted by Gasteiger charge is 2.53. The highest BCUT2D eigenvalue weighted by Crippen LogP contribution is 2.61. The van der Waals surface area contributed by atoms with Crippen molar-refractivity contribution in [3.05, 3.63) is 35.4 Å². The van der Waals surface area contributed by atoms with Crippen LogP contribution in [0.25, 0.3) is 0 Å². The topological polar surface area (TPSA) is 69.6 Å². The van der Waals surface area contributed by atoms with Crippen molar-refractivity contribution in [3.63, 3.8) is 0 Å². The zero-order valence-electron chi connectivity index (χ0n) is 17.3. The molecule has 4 aliphatic carbocycles. The van der Waals surface area contributed by atoms with Crippen molar-refractivity contribution in [3.8, 4) is 0 Å². The second-order valence-corrected chi connectivity index (χ2v) is 10.5. The largest absolute Gasteiger partial charge is 0.391 e. The highest BCUT2D eigenvalue weighted by molar-refractivity contribution is 5.94. The van der Waals surface area contributed by atoms with Gasteiger partial charge in [0.25, 0.3) is 5.91 Å². The van der Waals surface area contributed by atoms with E-state index in [1.807, 2.05) is 24.3 Å². The van der Waals surface area contributed by atoms with E-state index in [1.54, 1.807) is 13.8 Å². The maximum absolute atomic E-state index is 12.7. The van der Waals surface area contributed by atoms with Crippen LogP contribution in [0.1, 0.15) is 74.7 Å². The van der Waals surface area contributed by atoms with Crippen LogP contribution in [0.15, 0.2) is 24.3 Å². The highest BCUT2D eigenvalue weighted by atomic mass is 16.3.